The third kappa shape index (κ3) is 7.33. The first kappa shape index (κ1) is 29.6. The lowest BCUT2D eigenvalue weighted by atomic mass is 10.1. The van der Waals surface area contributed by atoms with Crippen LogP contribution in [0.5, 0.6) is 5.75 Å². The molecule has 3 amide bonds. The molecule has 1 unspecified atom stereocenters. The lowest BCUT2D eigenvalue weighted by Gasteiger charge is -2.35. The summed E-state index contributed by atoms with van der Waals surface area (Å²) < 4.78 is 10.2. The Morgan fingerprint density at radius 3 is 2.20 bits per heavy atom. The number of pyridine rings is 1. The molecule has 3 rings (SSSR count). The van der Waals surface area contributed by atoms with Crippen LogP contribution in [-0.2, 0) is 23.9 Å². The van der Waals surface area contributed by atoms with E-state index in [1.807, 2.05) is 0 Å². The number of carbonyl (C=O) groups is 6. The van der Waals surface area contributed by atoms with Gasteiger partial charge < -0.3 is 39.9 Å². The summed E-state index contributed by atoms with van der Waals surface area (Å²) in [5.74, 6) is -6.41. The van der Waals surface area contributed by atoms with Gasteiger partial charge in [-0.1, -0.05) is 12.1 Å². The molecule has 1 aromatic carbocycles. The van der Waals surface area contributed by atoms with Crippen LogP contribution in [0.15, 0.2) is 30.3 Å². The van der Waals surface area contributed by atoms with Crippen LogP contribution in [0.25, 0.3) is 10.9 Å². The highest BCUT2D eigenvalue weighted by Gasteiger charge is 2.32. The number of amides is 3. The lowest BCUT2D eigenvalue weighted by Crippen LogP contribution is -2.56. The van der Waals surface area contributed by atoms with Gasteiger partial charge in [-0.25, -0.2) is 19.4 Å². The Kier molecular flexibility index (Phi) is 9.78. The third-order valence-corrected chi connectivity index (χ3v) is 5.97. The first-order valence-corrected chi connectivity index (χ1v) is 12.3. The number of hydrogen-bond acceptors (Lipinski definition) is 9. The van der Waals surface area contributed by atoms with E-state index in [-0.39, 0.29) is 61.6 Å². The molecule has 2 heterocycles. The largest absolute Gasteiger partial charge is 0.481 e. The molecule has 214 valence electrons. The van der Waals surface area contributed by atoms with E-state index >= 15 is 0 Å². The van der Waals surface area contributed by atoms with Gasteiger partial charge in [-0.05, 0) is 25.5 Å². The van der Waals surface area contributed by atoms with Gasteiger partial charge in [0, 0.05) is 44.1 Å². The maximum absolute atomic E-state index is 13.3. The minimum absolute atomic E-state index is 0.134. The number of fused-ring (bicyclic) bond motifs is 1. The van der Waals surface area contributed by atoms with Crippen LogP contribution in [-0.4, -0.2) is 111 Å². The van der Waals surface area contributed by atoms with E-state index in [0.717, 1.165) is 6.07 Å². The highest BCUT2D eigenvalue weighted by atomic mass is 16.6. The number of rotatable bonds is 11. The fraction of sp³-hybridized carbons (Fsp3) is 0.400. The van der Waals surface area contributed by atoms with Crippen molar-refractivity contribution < 1.29 is 53.6 Å². The minimum atomic E-state index is -2.26. The minimum Gasteiger partial charge on any atom is -0.481 e. The highest BCUT2D eigenvalue weighted by molar-refractivity contribution is 6.00. The number of para-hydroxylation sites is 1. The molecule has 0 bridgehead atoms. The molecule has 1 aliphatic rings. The van der Waals surface area contributed by atoms with Crippen LogP contribution in [0.1, 0.15) is 30.3 Å². The fourth-order valence-corrected chi connectivity index (χ4v) is 3.99. The zero-order chi connectivity index (χ0) is 29.4. The van der Waals surface area contributed by atoms with E-state index in [0.29, 0.717) is 0 Å². The number of benzene rings is 1. The highest BCUT2D eigenvalue weighted by Crippen LogP contribution is 2.27. The molecule has 1 fully saturated rings. The third-order valence-electron chi connectivity index (χ3n) is 5.97. The maximum Gasteiger partial charge on any atom is 0.409 e. The van der Waals surface area contributed by atoms with E-state index in [1.165, 1.54) is 21.9 Å². The van der Waals surface area contributed by atoms with Gasteiger partial charge in [-0.15, -0.1) is 0 Å². The number of carbonyl (C=O) groups excluding carboxylic acids is 3. The Balaban J connectivity index is 1.84. The standard InChI is InChI=1S/C25H28N4O11/c1-2-39-25(38)29-11-9-28(10-12-29)22(33)16(7-8-19(30)31)27-21(32)17-13-18(40-20(23(34)35)24(36)37)14-5-3-4-6-15(14)26-17/h3-6,13,16,20H,2,7-12H2,1H3,(H,27,32)(H,30,31)(H,34,35)(H,36,37). The fourth-order valence-electron chi connectivity index (χ4n) is 3.99. The monoisotopic (exact) mass is 560 g/mol. The number of hydrogen-bond donors (Lipinski definition) is 4. The molecule has 1 atom stereocenters. The van der Waals surface area contributed by atoms with Crippen molar-refractivity contribution in [2.45, 2.75) is 31.9 Å². The Hall–Kier alpha value is -4.95. The molecule has 1 saturated heterocycles. The van der Waals surface area contributed by atoms with Crippen molar-refractivity contribution in [3.8, 4) is 5.75 Å². The number of piperazine rings is 1. The smallest absolute Gasteiger partial charge is 0.409 e. The molecular formula is C25H28N4O11. The molecule has 0 aliphatic carbocycles. The molecule has 15 heteroatoms. The van der Waals surface area contributed by atoms with Gasteiger partial charge in [-0.3, -0.25) is 14.4 Å². The number of carboxylic acid groups (broad SMARTS) is 3. The van der Waals surface area contributed by atoms with E-state index in [4.69, 9.17) is 14.6 Å². The van der Waals surface area contributed by atoms with E-state index in [9.17, 15) is 39.0 Å². The van der Waals surface area contributed by atoms with Gasteiger partial charge in [0.05, 0.1) is 12.1 Å². The van der Waals surface area contributed by atoms with Gasteiger partial charge in [0.15, 0.2) is 0 Å². The second-order valence-corrected chi connectivity index (χ2v) is 8.67. The summed E-state index contributed by atoms with van der Waals surface area (Å²) in [5.41, 5.74) is -0.133. The van der Waals surface area contributed by atoms with Crippen molar-refractivity contribution in [3.05, 3.63) is 36.0 Å². The average Bonchev–Trinajstić information content (AvgIpc) is 2.92. The Labute approximate surface area is 227 Å². The van der Waals surface area contributed by atoms with Crippen LogP contribution < -0.4 is 10.1 Å². The van der Waals surface area contributed by atoms with Gasteiger partial charge in [0.25, 0.3) is 12.0 Å². The Morgan fingerprint density at radius 2 is 1.60 bits per heavy atom. The van der Waals surface area contributed by atoms with Crippen molar-refractivity contribution in [2.24, 2.45) is 0 Å². The normalized spacial score (nSPS) is 13.9. The molecule has 1 aliphatic heterocycles. The molecule has 0 saturated carbocycles. The Morgan fingerprint density at radius 1 is 0.975 bits per heavy atom. The maximum atomic E-state index is 13.3. The van der Waals surface area contributed by atoms with E-state index in [2.05, 4.69) is 10.3 Å². The van der Waals surface area contributed by atoms with Crippen LogP contribution in [0.2, 0.25) is 0 Å². The van der Waals surface area contributed by atoms with Crippen molar-refractivity contribution in [1.29, 1.82) is 0 Å². The molecular weight excluding hydrogens is 532 g/mol. The van der Waals surface area contributed by atoms with Crippen molar-refractivity contribution in [3.63, 3.8) is 0 Å². The number of carboxylic acids is 3. The van der Waals surface area contributed by atoms with Gasteiger partial charge >= 0.3 is 24.0 Å². The zero-order valence-electron chi connectivity index (χ0n) is 21.4. The predicted molar refractivity (Wildman–Crippen MR) is 135 cm³/mol. The summed E-state index contributed by atoms with van der Waals surface area (Å²) in [6.07, 6.45) is -3.45. The van der Waals surface area contributed by atoms with Crippen molar-refractivity contribution in [2.75, 3.05) is 32.8 Å². The van der Waals surface area contributed by atoms with Crippen LogP contribution >= 0.6 is 0 Å². The number of aliphatic carboxylic acids is 3. The number of aromatic nitrogens is 1. The summed E-state index contributed by atoms with van der Waals surface area (Å²) >= 11 is 0. The molecule has 2 aromatic rings. The predicted octanol–water partition coefficient (Wildman–Crippen LogP) is 0.415. The van der Waals surface area contributed by atoms with Gasteiger partial charge in [0.2, 0.25) is 5.91 Å². The van der Waals surface area contributed by atoms with Crippen molar-refractivity contribution >= 4 is 46.7 Å². The summed E-state index contributed by atoms with van der Waals surface area (Å²) in [6.45, 7) is 2.51. The average molecular weight is 561 g/mol. The summed E-state index contributed by atoms with van der Waals surface area (Å²) in [6, 6.07) is 5.94. The molecule has 4 N–H and O–H groups in total. The first-order chi connectivity index (χ1) is 19.0. The number of ether oxygens (including phenoxy) is 2. The second kappa shape index (κ2) is 13.2. The lowest BCUT2D eigenvalue weighted by molar-refractivity contribution is -0.159. The van der Waals surface area contributed by atoms with Gasteiger partial charge in [0.1, 0.15) is 17.5 Å². The molecule has 15 nitrogen and oxygen atoms in total. The summed E-state index contributed by atoms with van der Waals surface area (Å²) in [7, 11) is 0. The zero-order valence-corrected chi connectivity index (χ0v) is 21.4. The van der Waals surface area contributed by atoms with E-state index < -0.39 is 54.4 Å². The summed E-state index contributed by atoms with van der Waals surface area (Å²) in [4.78, 5) is 79.4. The van der Waals surface area contributed by atoms with Crippen molar-refractivity contribution in [1.82, 2.24) is 20.1 Å². The molecule has 0 radical (unpaired) electrons. The van der Waals surface area contributed by atoms with E-state index in [1.54, 1.807) is 19.1 Å². The second-order valence-electron chi connectivity index (χ2n) is 8.67. The van der Waals surface area contributed by atoms with Crippen LogP contribution in [0, 0.1) is 0 Å². The number of nitrogens with one attached hydrogen (secondary N) is 1. The topological polar surface area (TPSA) is 213 Å². The quantitative estimate of drug-likeness (QED) is 0.275. The molecule has 0 spiro atoms. The molecule has 40 heavy (non-hydrogen) atoms. The Bertz CT molecular complexity index is 1290. The SMILES string of the molecule is CCOC(=O)N1CCN(C(=O)C(CCC(=O)O)NC(=O)c2cc(OC(C(=O)O)C(=O)O)c3ccccc3n2)CC1. The number of nitrogens with zero attached hydrogens (tertiary/aromatic N) is 3. The van der Waals surface area contributed by atoms with Crippen LogP contribution in [0.4, 0.5) is 4.79 Å². The van der Waals surface area contributed by atoms with Gasteiger partial charge in [-0.2, -0.15) is 0 Å². The van der Waals surface area contributed by atoms with Crippen LogP contribution in [0.3, 0.4) is 0 Å². The first-order valence-electron chi connectivity index (χ1n) is 12.3. The summed E-state index contributed by atoms with van der Waals surface area (Å²) in [5, 5.41) is 30.3. The molecule has 1 aromatic heterocycles.